The summed E-state index contributed by atoms with van der Waals surface area (Å²) in [4.78, 5) is 4.28. The maximum Gasteiger partial charge on any atom is 0.155 e. The van der Waals surface area contributed by atoms with Gasteiger partial charge in [0, 0.05) is 29.9 Å². The molecule has 4 aromatic rings. The molecule has 0 spiro atoms. The molecule has 0 saturated carbocycles. The SMILES string of the molecule is C[C@@H](c1ccc(-c2ccccc2)c(F)c1)c1cc2ncccn2n1. The first-order valence-electron chi connectivity index (χ1n) is 7.87. The average Bonchev–Trinajstić information content (AvgIpc) is 3.06. The van der Waals surface area contributed by atoms with Gasteiger partial charge >= 0.3 is 0 Å². The highest BCUT2D eigenvalue weighted by Crippen LogP contribution is 2.29. The van der Waals surface area contributed by atoms with Crippen LogP contribution < -0.4 is 0 Å². The van der Waals surface area contributed by atoms with E-state index in [2.05, 4.69) is 10.1 Å². The number of hydrogen-bond donors (Lipinski definition) is 0. The van der Waals surface area contributed by atoms with Gasteiger partial charge in [-0.15, -0.1) is 0 Å². The molecule has 0 unspecified atom stereocenters. The van der Waals surface area contributed by atoms with Crippen LogP contribution in [0.1, 0.15) is 24.1 Å². The smallest absolute Gasteiger partial charge is 0.155 e. The highest BCUT2D eigenvalue weighted by Gasteiger charge is 2.15. The van der Waals surface area contributed by atoms with Crippen molar-refractivity contribution in [3.8, 4) is 11.1 Å². The van der Waals surface area contributed by atoms with E-state index in [1.807, 2.05) is 67.7 Å². The zero-order valence-corrected chi connectivity index (χ0v) is 13.2. The summed E-state index contributed by atoms with van der Waals surface area (Å²) in [5, 5.41) is 4.53. The van der Waals surface area contributed by atoms with Crippen molar-refractivity contribution in [2.45, 2.75) is 12.8 Å². The Morgan fingerprint density at radius 3 is 2.58 bits per heavy atom. The fourth-order valence-electron chi connectivity index (χ4n) is 2.88. The molecule has 24 heavy (non-hydrogen) atoms. The molecule has 0 fully saturated rings. The summed E-state index contributed by atoms with van der Waals surface area (Å²) in [6.07, 6.45) is 3.59. The fraction of sp³-hybridized carbons (Fsp3) is 0.100. The van der Waals surface area contributed by atoms with E-state index in [1.165, 1.54) is 0 Å². The summed E-state index contributed by atoms with van der Waals surface area (Å²) in [5.41, 5.74) is 4.06. The van der Waals surface area contributed by atoms with Gasteiger partial charge in [-0.25, -0.2) is 13.9 Å². The van der Waals surface area contributed by atoms with Crippen LogP contribution in [-0.4, -0.2) is 14.6 Å². The highest BCUT2D eigenvalue weighted by atomic mass is 19.1. The monoisotopic (exact) mass is 317 g/mol. The molecule has 0 radical (unpaired) electrons. The van der Waals surface area contributed by atoms with Gasteiger partial charge in [0.15, 0.2) is 5.65 Å². The maximum absolute atomic E-state index is 14.6. The lowest BCUT2D eigenvalue weighted by molar-refractivity contribution is 0.627. The van der Waals surface area contributed by atoms with E-state index in [0.29, 0.717) is 5.56 Å². The van der Waals surface area contributed by atoms with E-state index < -0.39 is 0 Å². The zero-order valence-electron chi connectivity index (χ0n) is 13.2. The molecule has 0 aliphatic rings. The van der Waals surface area contributed by atoms with Crippen LogP contribution >= 0.6 is 0 Å². The zero-order chi connectivity index (χ0) is 16.5. The lowest BCUT2D eigenvalue weighted by Gasteiger charge is -2.11. The minimum absolute atomic E-state index is 0.00831. The maximum atomic E-state index is 14.6. The topological polar surface area (TPSA) is 30.2 Å². The number of fused-ring (bicyclic) bond motifs is 1. The molecule has 0 aliphatic heterocycles. The summed E-state index contributed by atoms with van der Waals surface area (Å²) < 4.78 is 16.3. The van der Waals surface area contributed by atoms with Crippen LogP contribution in [0.4, 0.5) is 4.39 Å². The molecule has 2 heterocycles. The van der Waals surface area contributed by atoms with Gasteiger partial charge in [-0.05, 0) is 23.3 Å². The van der Waals surface area contributed by atoms with Crippen LogP contribution in [-0.2, 0) is 0 Å². The Morgan fingerprint density at radius 2 is 1.83 bits per heavy atom. The molecule has 118 valence electrons. The van der Waals surface area contributed by atoms with Crippen molar-refractivity contribution in [1.29, 1.82) is 0 Å². The Bertz CT molecular complexity index is 959. The minimum Gasteiger partial charge on any atom is -0.237 e. The van der Waals surface area contributed by atoms with Gasteiger partial charge in [0.1, 0.15) is 5.82 Å². The third-order valence-corrected chi connectivity index (χ3v) is 4.28. The van der Waals surface area contributed by atoms with Crippen molar-refractivity contribution in [1.82, 2.24) is 14.6 Å². The number of rotatable bonds is 3. The molecule has 0 amide bonds. The Labute approximate surface area is 139 Å². The van der Waals surface area contributed by atoms with Crippen molar-refractivity contribution in [2.24, 2.45) is 0 Å². The summed E-state index contributed by atoms with van der Waals surface area (Å²) in [6, 6.07) is 18.8. The number of halogens is 1. The Hall–Kier alpha value is -3.01. The molecule has 4 rings (SSSR count). The van der Waals surface area contributed by atoms with Crippen molar-refractivity contribution in [2.75, 3.05) is 0 Å². The van der Waals surface area contributed by atoms with Gasteiger partial charge in [0.25, 0.3) is 0 Å². The third-order valence-electron chi connectivity index (χ3n) is 4.28. The summed E-state index contributed by atoms with van der Waals surface area (Å²) in [6.45, 7) is 2.03. The molecule has 0 N–H and O–H groups in total. The second kappa shape index (κ2) is 5.89. The lowest BCUT2D eigenvalue weighted by Crippen LogP contribution is -1.99. The van der Waals surface area contributed by atoms with Crippen molar-refractivity contribution in [3.63, 3.8) is 0 Å². The standard InChI is InChI=1S/C20H16FN3/c1-14(19-13-20-22-10-5-11-24(20)23-19)16-8-9-17(18(21)12-16)15-6-3-2-4-7-15/h2-14H,1H3/t14-/m0/s1. The second-order valence-electron chi connectivity index (χ2n) is 5.82. The first kappa shape index (κ1) is 14.6. The molecular weight excluding hydrogens is 301 g/mol. The Morgan fingerprint density at radius 1 is 1.00 bits per heavy atom. The first-order chi connectivity index (χ1) is 11.7. The van der Waals surface area contributed by atoms with Crippen molar-refractivity contribution >= 4 is 5.65 Å². The van der Waals surface area contributed by atoms with E-state index in [0.717, 1.165) is 22.5 Å². The number of aromatic nitrogens is 3. The molecular formula is C20H16FN3. The predicted molar refractivity (Wildman–Crippen MR) is 92.3 cm³/mol. The van der Waals surface area contributed by atoms with Crippen molar-refractivity contribution < 1.29 is 4.39 Å². The van der Waals surface area contributed by atoms with E-state index in [9.17, 15) is 4.39 Å². The van der Waals surface area contributed by atoms with Crippen LogP contribution in [0, 0.1) is 5.82 Å². The molecule has 2 aromatic heterocycles. The number of nitrogens with zero attached hydrogens (tertiary/aromatic N) is 3. The number of hydrogen-bond acceptors (Lipinski definition) is 2. The van der Waals surface area contributed by atoms with Crippen LogP contribution in [0.3, 0.4) is 0 Å². The second-order valence-corrected chi connectivity index (χ2v) is 5.82. The van der Waals surface area contributed by atoms with E-state index in [-0.39, 0.29) is 11.7 Å². The van der Waals surface area contributed by atoms with E-state index >= 15 is 0 Å². The van der Waals surface area contributed by atoms with Crippen LogP contribution in [0.2, 0.25) is 0 Å². The largest absolute Gasteiger partial charge is 0.237 e. The molecule has 0 bridgehead atoms. The van der Waals surface area contributed by atoms with Gasteiger partial charge in [-0.3, -0.25) is 0 Å². The predicted octanol–water partition coefficient (Wildman–Crippen LogP) is 4.69. The Kier molecular flexibility index (Phi) is 3.58. The quantitative estimate of drug-likeness (QED) is 0.549. The van der Waals surface area contributed by atoms with Gasteiger partial charge < -0.3 is 0 Å². The van der Waals surface area contributed by atoms with Crippen LogP contribution in [0.5, 0.6) is 0 Å². The molecule has 4 heteroatoms. The molecule has 0 aliphatic carbocycles. The first-order valence-corrected chi connectivity index (χ1v) is 7.87. The minimum atomic E-state index is -0.215. The van der Waals surface area contributed by atoms with Crippen molar-refractivity contribution in [3.05, 3.63) is 90.1 Å². The summed E-state index contributed by atoms with van der Waals surface area (Å²) in [7, 11) is 0. The molecule has 3 nitrogen and oxygen atoms in total. The van der Waals surface area contributed by atoms with Crippen LogP contribution in [0.15, 0.2) is 73.1 Å². The van der Waals surface area contributed by atoms with E-state index in [1.54, 1.807) is 16.8 Å². The molecule has 0 saturated heterocycles. The number of benzene rings is 2. The van der Waals surface area contributed by atoms with Gasteiger partial charge in [0.2, 0.25) is 0 Å². The fourth-order valence-corrected chi connectivity index (χ4v) is 2.88. The normalized spacial score (nSPS) is 12.4. The van der Waals surface area contributed by atoms with Gasteiger partial charge in [0.05, 0.1) is 5.69 Å². The summed E-state index contributed by atoms with van der Waals surface area (Å²) in [5.74, 6) is -0.224. The van der Waals surface area contributed by atoms with Gasteiger partial charge in [-0.1, -0.05) is 49.4 Å². The lowest BCUT2D eigenvalue weighted by atomic mass is 9.95. The third kappa shape index (κ3) is 2.56. The average molecular weight is 317 g/mol. The molecule has 1 atom stereocenters. The Balaban J connectivity index is 1.70. The molecule has 2 aromatic carbocycles. The summed E-state index contributed by atoms with van der Waals surface area (Å²) >= 11 is 0. The van der Waals surface area contributed by atoms with E-state index in [4.69, 9.17) is 0 Å². The highest BCUT2D eigenvalue weighted by molar-refractivity contribution is 5.64. The van der Waals surface area contributed by atoms with Crippen LogP contribution in [0.25, 0.3) is 16.8 Å². The van der Waals surface area contributed by atoms with Gasteiger partial charge in [-0.2, -0.15) is 5.10 Å².